The van der Waals surface area contributed by atoms with Crippen LogP contribution in [0.4, 0.5) is 22.0 Å². The highest BCUT2D eigenvalue weighted by Gasteiger charge is 2.40. The number of rotatable bonds is 6. The molecule has 0 heterocycles. The highest BCUT2D eigenvalue weighted by molar-refractivity contribution is 5.91. The number of carbonyl (C=O) groups excluding carboxylic acids is 1. The van der Waals surface area contributed by atoms with Crippen molar-refractivity contribution >= 4 is 5.97 Å². The van der Waals surface area contributed by atoms with Crippen LogP contribution in [0.1, 0.15) is 47.7 Å². The van der Waals surface area contributed by atoms with E-state index in [-0.39, 0.29) is 35.8 Å². The van der Waals surface area contributed by atoms with E-state index in [0.29, 0.717) is 0 Å². The lowest BCUT2D eigenvalue weighted by Gasteiger charge is -2.28. The molecule has 0 spiro atoms. The molecule has 0 fully saturated rings. The summed E-state index contributed by atoms with van der Waals surface area (Å²) in [7, 11) is 0. The van der Waals surface area contributed by atoms with Gasteiger partial charge in [0.15, 0.2) is 35.5 Å². The Morgan fingerprint density at radius 2 is 1.35 bits per heavy atom. The molecule has 2 atom stereocenters. The Morgan fingerprint density at radius 1 is 0.794 bits per heavy atom. The average molecular weight is 478 g/mol. The molecule has 0 radical (unpaired) electrons. The highest BCUT2D eigenvalue weighted by Crippen LogP contribution is 2.52. The van der Waals surface area contributed by atoms with Crippen LogP contribution >= 0.6 is 0 Å². The molecule has 0 saturated carbocycles. The summed E-state index contributed by atoms with van der Waals surface area (Å²) in [6, 6.07) is 8.16. The van der Waals surface area contributed by atoms with E-state index in [2.05, 4.69) is 0 Å². The lowest BCUT2D eigenvalue weighted by molar-refractivity contribution is 0.0721. The molecule has 178 valence electrons. The van der Waals surface area contributed by atoms with Gasteiger partial charge in [0.25, 0.3) is 0 Å². The number of benzene rings is 3. The van der Waals surface area contributed by atoms with Crippen molar-refractivity contribution in [1.29, 1.82) is 0 Å². The molecule has 0 saturated heterocycles. The molecular weight excluding hydrogens is 459 g/mol. The number of alkyl halides is 2. The Kier molecular flexibility index (Phi) is 6.45. The summed E-state index contributed by atoms with van der Waals surface area (Å²) in [6.07, 6.45) is -5.10. The second kappa shape index (κ2) is 9.32. The average Bonchev–Trinajstić information content (AvgIpc) is 2.80. The van der Waals surface area contributed by atoms with Crippen molar-refractivity contribution in [2.24, 2.45) is 0 Å². The van der Waals surface area contributed by atoms with Gasteiger partial charge in [0.05, 0.1) is 18.8 Å². The standard InChI is InChI=1S/C25H19F5O4/c1-3-32-12-5-6-15(16(26)11-12)25(31)34-18-10-8-14-13-7-9-17(33-4-2)21(27)19(13)23(29)24(30)20(14)22(18)28/h5-11,23-24H,3-4H2,1-2H3. The van der Waals surface area contributed by atoms with Crippen LogP contribution in [0.3, 0.4) is 0 Å². The van der Waals surface area contributed by atoms with Crippen LogP contribution in [0, 0.1) is 17.5 Å². The summed E-state index contributed by atoms with van der Waals surface area (Å²) in [5.74, 6) is -5.39. The van der Waals surface area contributed by atoms with Crippen LogP contribution in [0.25, 0.3) is 11.1 Å². The van der Waals surface area contributed by atoms with Gasteiger partial charge in [-0.3, -0.25) is 0 Å². The first-order valence-corrected chi connectivity index (χ1v) is 10.5. The Bertz CT molecular complexity index is 1260. The number of esters is 1. The van der Waals surface area contributed by atoms with E-state index in [1.165, 1.54) is 24.3 Å². The van der Waals surface area contributed by atoms with Crippen LogP contribution in [0.5, 0.6) is 17.2 Å². The molecule has 4 nitrogen and oxygen atoms in total. The van der Waals surface area contributed by atoms with Gasteiger partial charge in [0.2, 0.25) is 0 Å². The van der Waals surface area contributed by atoms with Gasteiger partial charge < -0.3 is 14.2 Å². The van der Waals surface area contributed by atoms with Gasteiger partial charge in [-0.2, -0.15) is 0 Å². The van der Waals surface area contributed by atoms with Gasteiger partial charge in [0.1, 0.15) is 11.6 Å². The van der Waals surface area contributed by atoms with Crippen LogP contribution in [-0.2, 0) is 0 Å². The van der Waals surface area contributed by atoms with Crippen molar-refractivity contribution in [1.82, 2.24) is 0 Å². The van der Waals surface area contributed by atoms with Crippen molar-refractivity contribution in [2.75, 3.05) is 13.2 Å². The zero-order valence-corrected chi connectivity index (χ0v) is 18.1. The number of ether oxygens (including phenoxy) is 3. The first-order chi connectivity index (χ1) is 16.3. The number of hydrogen-bond acceptors (Lipinski definition) is 4. The summed E-state index contributed by atoms with van der Waals surface area (Å²) >= 11 is 0. The van der Waals surface area contributed by atoms with Crippen molar-refractivity contribution in [3.05, 3.63) is 76.6 Å². The number of hydrogen-bond donors (Lipinski definition) is 0. The largest absolute Gasteiger partial charge is 0.494 e. The molecule has 0 bridgehead atoms. The minimum Gasteiger partial charge on any atom is -0.494 e. The molecule has 0 aliphatic heterocycles. The topological polar surface area (TPSA) is 44.8 Å². The molecule has 0 amide bonds. The lowest BCUT2D eigenvalue weighted by atomic mass is 9.82. The van der Waals surface area contributed by atoms with Gasteiger partial charge in [-0.1, -0.05) is 12.1 Å². The normalized spacial score (nSPS) is 16.4. The molecule has 3 aromatic carbocycles. The van der Waals surface area contributed by atoms with E-state index >= 15 is 4.39 Å². The van der Waals surface area contributed by atoms with E-state index in [4.69, 9.17) is 14.2 Å². The van der Waals surface area contributed by atoms with Gasteiger partial charge >= 0.3 is 5.97 Å². The molecular formula is C25H19F5O4. The third kappa shape index (κ3) is 3.95. The minimum atomic E-state index is -2.57. The monoisotopic (exact) mass is 478 g/mol. The van der Waals surface area contributed by atoms with Gasteiger partial charge in [-0.25, -0.2) is 26.7 Å². The fourth-order valence-corrected chi connectivity index (χ4v) is 3.87. The maximum absolute atomic E-state index is 15.2. The smallest absolute Gasteiger partial charge is 0.346 e. The molecule has 2 unspecified atom stereocenters. The van der Waals surface area contributed by atoms with Gasteiger partial charge in [-0.05, 0) is 49.2 Å². The van der Waals surface area contributed by atoms with Crippen LogP contribution in [0.2, 0.25) is 0 Å². The number of carbonyl (C=O) groups is 1. The van der Waals surface area contributed by atoms with Crippen molar-refractivity contribution in [2.45, 2.75) is 26.2 Å². The highest BCUT2D eigenvalue weighted by atomic mass is 19.2. The Morgan fingerprint density at radius 3 is 1.91 bits per heavy atom. The second-order valence-electron chi connectivity index (χ2n) is 7.38. The van der Waals surface area contributed by atoms with E-state index in [0.717, 1.165) is 18.2 Å². The van der Waals surface area contributed by atoms with E-state index in [1.807, 2.05) is 0 Å². The molecule has 4 rings (SSSR count). The first kappa shape index (κ1) is 23.5. The second-order valence-corrected chi connectivity index (χ2v) is 7.38. The quantitative estimate of drug-likeness (QED) is 0.222. The predicted octanol–water partition coefficient (Wildman–Crippen LogP) is 6.82. The van der Waals surface area contributed by atoms with Crippen LogP contribution < -0.4 is 14.2 Å². The molecule has 1 aliphatic carbocycles. The van der Waals surface area contributed by atoms with Crippen molar-refractivity contribution in [3.63, 3.8) is 0 Å². The molecule has 3 aromatic rings. The summed E-state index contributed by atoms with van der Waals surface area (Å²) in [5, 5.41) is 0. The van der Waals surface area contributed by atoms with Crippen LogP contribution in [-0.4, -0.2) is 19.2 Å². The van der Waals surface area contributed by atoms with Gasteiger partial charge in [-0.15, -0.1) is 0 Å². The third-order valence-electron chi connectivity index (χ3n) is 5.36. The zero-order chi connectivity index (χ0) is 24.6. The SMILES string of the molecule is CCOc1ccc(C(=O)Oc2ccc3c(c2F)C(F)C(F)c2c-3ccc(OCC)c2F)c(F)c1. The maximum atomic E-state index is 15.2. The fraction of sp³-hybridized carbons (Fsp3) is 0.240. The summed E-state index contributed by atoms with van der Waals surface area (Å²) in [6.45, 7) is 3.70. The maximum Gasteiger partial charge on any atom is 0.346 e. The van der Waals surface area contributed by atoms with Gasteiger partial charge in [0, 0.05) is 17.2 Å². The summed E-state index contributed by atoms with van der Waals surface area (Å²) in [5.41, 5.74) is -1.95. The van der Waals surface area contributed by atoms with E-state index in [1.54, 1.807) is 13.8 Å². The predicted molar refractivity (Wildman–Crippen MR) is 113 cm³/mol. The third-order valence-corrected chi connectivity index (χ3v) is 5.36. The first-order valence-electron chi connectivity index (χ1n) is 10.5. The van der Waals surface area contributed by atoms with E-state index in [9.17, 15) is 22.4 Å². The molecule has 1 aliphatic rings. The Hall–Kier alpha value is -3.62. The molecule has 0 aromatic heterocycles. The molecule has 34 heavy (non-hydrogen) atoms. The zero-order valence-electron chi connectivity index (χ0n) is 18.1. The van der Waals surface area contributed by atoms with Crippen molar-refractivity contribution in [3.8, 4) is 28.4 Å². The number of halogens is 5. The van der Waals surface area contributed by atoms with Crippen molar-refractivity contribution < 1.29 is 41.0 Å². The fourth-order valence-electron chi connectivity index (χ4n) is 3.87. The minimum absolute atomic E-state index is 0.0494. The Balaban J connectivity index is 1.71. The van der Waals surface area contributed by atoms with E-state index < -0.39 is 58.2 Å². The van der Waals surface area contributed by atoms with Crippen LogP contribution in [0.15, 0.2) is 42.5 Å². The molecule has 0 N–H and O–H groups in total. The number of fused-ring (bicyclic) bond motifs is 3. The Labute approximate surface area is 191 Å². The summed E-state index contributed by atoms with van der Waals surface area (Å²) < 4.78 is 89.3. The molecule has 9 heteroatoms. The lowest BCUT2D eigenvalue weighted by Crippen LogP contribution is -2.17. The summed E-state index contributed by atoms with van der Waals surface area (Å²) in [4.78, 5) is 12.4.